The summed E-state index contributed by atoms with van der Waals surface area (Å²) in [5, 5.41) is 10.8. The number of nitrogens with zero attached hydrogens (tertiary/aromatic N) is 1. The van der Waals surface area contributed by atoms with Gasteiger partial charge in [-0.2, -0.15) is 0 Å². The van der Waals surface area contributed by atoms with Gasteiger partial charge >= 0.3 is 0 Å². The van der Waals surface area contributed by atoms with Crippen LogP contribution < -0.4 is 4.74 Å². The van der Waals surface area contributed by atoms with Crippen LogP contribution in [0.1, 0.15) is 16.1 Å². The maximum absolute atomic E-state index is 12.6. The molecule has 1 heterocycles. The summed E-state index contributed by atoms with van der Waals surface area (Å²) in [6.45, 7) is -0.394. The molecule has 0 unspecified atom stereocenters. The van der Waals surface area contributed by atoms with Crippen molar-refractivity contribution in [3.05, 3.63) is 59.9 Å². The molecule has 0 amide bonds. The van der Waals surface area contributed by atoms with Gasteiger partial charge in [-0.05, 0) is 40.8 Å². The summed E-state index contributed by atoms with van der Waals surface area (Å²) in [7, 11) is 0. The van der Waals surface area contributed by atoms with Crippen LogP contribution in [0.25, 0.3) is 21.9 Å². The third-order valence-corrected chi connectivity index (χ3v) is 3.76. The minimum Gasteiger partial charge on any atom is -0.468 e. The van der Waals surface area contributed by atoms with Crippen molar-refractivity contribution < 1.29 is 14.6 Å². The van der Waals surface area contributed by atoms with Gasteiger partial charge in [-0.3, -0.25) is 9.78 Å². The molecule has 1 aromatic heterocycles. The first-order chi connectivity index (χ1) is 10.3. The Kier molecular flexibility index (Phi) is 2.52. The molecule has 102 valence electrons. The Labute approximate surface area is 120 Å². The molecule has 21 heavy (non-hydrogen) atoms. The molecule has 1 N–H and O–H groups in total. The molecule has 0 fully saturated rings. The number of ketones is 1. The second-order valence-corrected chi connectivity index (χ2v) is 4.87. The number of aliphatic hydroxyl groups is 1. The zero-order valence-electron chi connectivity index (χ0n) is 11.0. The number of pyridine rings is 1. The van der Waals surface area contributed by atoms with Crippen molar-refractivity contribution in [2.45, 2.75) is 0 Å². The Morgan fingerprint density at radius 1 is 1.05 bits per heavy atom. The van der Waals surface area contributed by atoms with Crippen LogP contribution in [0.2, 0.25) is 0 Å². The highest BCUT2D eigenvalue weighted by Crippen LogP contribution is 2.39. The lowest BCUT2D eigenvalue weighted by molar-refractivity contribution is 0.0985. The molecule has 2 aromatic carbocycles. The van der Waals surface area contributed by atoms with Crippen molar-refractivity contribution in [3.8, 4) is 16.9 Å². The lowest BCUT2D eigenvalue weighted by Gasteiger charge is -2.19. The molecule has 0 radical (unpaired) electrons. The van der Waals surface area contributed by atoms with Gasteiger partial charge in [0.05, 0.1) is 0 Å². The molecule has 4 nitrogen and oxygen atoms in total. The zero-order valence-corrected chi connectivity index (χ0v) is 11.0. The predicted molar refractivity (Wildman–Crippen MR) is 78.3 cm³/mol. The zero-order chi connectivity index (χ0) is 14.4. The Morgan fingerprint density at radius 2 is 1.95 bits per heavy atom. The van der Waals surface area contributed by atoms with Gasteiger partial charge in [0.2, 0.25) is 5.78 Å². The molecular weight excluding hydrogens is 266 g/mol. The minimum absolute atomic E-state index is 0.0788. The number of hydrogen-bond acceptors (Lipinski definition) is 4. The predicted octanol–water partition coefficient (Wildman–Crippen LogP) is 2.77. The second-order valence-electron chi connectivity index (χ2n) is 4.87. The molecule has 1 aliphatic carbocycles. The molecule has 0 saturated heterocycles. The van der Waals surface area contributed by atoms with Gasteiger partial charge in [0.1, 0.15) is 11.4 Å². The summed E-state index contributed by atoms with van der Waals surface area (Å²) in [6.07, 6.45) is 1.66. The smallest absolute Gasteiger partial charge is 0.212 e. The standard InChI is InChI=1S/C17H11NO3/c19-9-21-11-4-5-13-14(8-11)12-3-1-2-10-6-7-18-16(15(10)12)17(13)20/h1-8,19H,9H2. The SMILES string of the molecule is O=C1c2ccc(OCO)cc2-c2cccc3ccnc1c23. The molecule has 0 saturated carbocycles. The van der Waals surface area contributed by atoms with E-state index in [9.17, 15) is 4.79 Å². The van der Waals surface area contributed by atoms with E-state index in [0.717, 1.165) is 21.9 Å². The monoisotopic (exact) mass is 277 g/mol. The van der Waals surface area contributed by atoms with Crippen LogP contribution in [0.5, 0.6) is 5.75 Å². The van der Waals surface area contributed by atoms with Gasteiger partial charge < -0.3 is 9.84 Å². The van der Waals surface area contributed by atoms with Gasteiger partial charge in [-0.25, -0.2) is 0 Å². The van der Waals surface area contributed by atoms with Crippen molar-refractivity contribution in [1.29, 1.82) is 0 Å². The molecule has 0 bridgehead atoms. The summed E-state index contributed by atoms with van der Waals surface area (Å²) >= 11 is 0. The van der Waals surface area contributed by atoms with Crippen molar-refractivity contribution >= 4 is 16.6 Å². The van der Waals surface area contributed by atoms with E-state index in [-0.39, 0.29) is 5.78 Å². The number of aromatic nitrogens is 1. The first kappa shape index (κ1) is 12.1. The molecule has 0 aliphatic heterocycles. The average Bonchev–Trinajstić information content (AvgIpc) is 2.52. The first-order valence-corrected chi connectivity index (χ1v) is 6.60. The Balaban J connectivity index is 2.09. The minimum atomic E-state index is -0.394. The van der Waals surface area contributed by atoms with E-state index in [1.165, 1.54) is 0 Å². The van der Waals surface area contributed by atoms with Crippen LogP contribution in [0.4, 0.5) is 0 Å². The van der Waals surface area contributed by atoms with E-state index in [1.54, 1.807) is 24.4 Å². The van der Waals surface area contributed by atoms with E-state index in [2.05, 4.69) is 4.98 Å². The number of carbonyl (C=O) groups excluding carboxylic acids is 1. The molecule has 4 rings (SSSR count). The van der Waals surface area contributed by atoms with Crippen molar-refractivity contribution in [1.82, 2.24) is 4.98 Å². The number of rotatable bonds is 2. The quantitative estimate of drug-likeness (QED) is 0.572. The summed E-state index contributed by atoms with van der Waals surface area (Å²) in [4.78, 5) is 16.9. The van der Waals surface area contributed by atoms with Crippen molar-refractivity contribution in [2.24, 2.45) is 0 Å². The number of fused-ring (bicyclic) bond motifs is 2. The lowest BCUT2D eigenvalue weighted by Crippen LogP contribution is -2.12. The molecule has 4 heteroatoms. The van der Waals surface area contributed by atoms with Crippen LogP contribution in [0.15, 0.2) is 48.7 Å². The van der Waals surface area contributed by atoms with Crippen molar-refractivity contribution in [3.63, 3.8) is 0 Å². The second kappa shape index (κ2) is 4.40. The van der Waals surface area contributed by atoms with E-state index >= 15 is 0 Å². The highest BCUT2D eigenvalue weighted by atomic mass is 16.6. The number of ether oxygens (including phenoxy) is 1. The summed E-state index contributed by atoms with van der Waals surface area (Å²) in [6, 6.07) is 13.0. The van der Waals surface area contributed by atoms with Gasteiger partial charge in [0.25, 0.3) is 0 Å². The van der Waals surface area contributed by atoms with Crippen LogP contribution in [-0.2, 0) is 0 Å². The largest absolute Gasteiger partial charge is 0.468 e. The topological polar surface area (TPSA) is 59.4 Å². The first-order valence-electron chi connectivity index (χ1n) is 6.60. The summed E-state index contributed by atoms with van der Waals surface area (Å²) in [5.41, 5.74) is 2.89. The van der Waals surface area contributed by atoms with Crippen LogP contribution in [0.3, 0.4) is 0 Å². The molecular formula is C17H11NO3. The third kappa shape index (κ3) is 1.66. The van der Waals surface area contributed by atoms with Crippen molar-refractivity contribution in [2.75, 3.05) is 6.79 Å². The van der Waals surface area contributed by atoms with E-state index in [4.69, 9.17) is 9.84 Å². The molecule has 1 aliphatic rings. The maximum atomic E-state index is 12.6. The number of hydrogen-bond donors (Lipinski definition) is 1. The number of aliphatic hydroxyl groups excluding tert-OH is 1. The van der Waals surface area contributed by atoms with Crippen LogP contribution in [0, 0.1) is 0 Å². The normalized spacial score (nSPS) is 12.3. The van der Waals surface area contributed by atoms with E-state index < -0.39 is 6.79 Å². The summed E-state index contributed by atoms with van der Waals surface area (Å²) < 4.78 is 5.12. The van der Waals surface area contributed by atoms with Gasteiger partial charge in [-0.15, -0.1) is 0 Å². The van der Waals surface area contributed by atoms with E-state index in [1.807, 2.05) is 24.3 Å². The summed E-state index contributed by atoms with van der Waals surface area (Å²) in [5.74, 6) is 0.457. The molecule has 0 atom stereocenters. The Bertz CT molecular complexity index is 881. The van der Waals surface area contributed by atoms with Crippen LogP contribution >= 0.6 is 0 Å². The molecule has 3 aromatic rings. The number of benzene rings is 2. The highest BCUT2D eigenvalue weighted by Gasteiger charge is 2.26. The Hall–Kier alpha value is -2.72. The van der Waals surface area contributed by atoms with E-state index in [0.29, 0.717) is 17.0 Å². The van der Waals surface area contributed by atoms with Gasteiger partial charge in [0.15, 0.2) is 6.79 Å². The third-order valence-electron chi connectivity index (χ3n) is 3.76. The van der Waals surface area contributed by atoms with Gasteiger partial charge in [-0.1, -0.05) is 18.2 Å². The lowest BCUT2D eigenvalue weighted by atomic mass is 9.85. The fourth-order valence-electron chi connectivity index (χ4n) is 2.86. The van der Waals surface area contributed by atoms with Crippen LogP contribution in [-0.4, -0.2) is 22.7 Å². The maximum Gasteiger partial charge on any atom is 0.212 e. The average molecular weight is 277 g/mol. The molecule has 0 spiro atoms. The highest BCUT2D eigenvalue weighted by molar-refractivity contribution is 6.24. The Morgan fingerprint density at radius 3 is 2.81 bits per heavy atom. The fraction of sp³-hybridized carbons (Fsp3) is 0.0588. The fourth-order valence-corrected chi connectivity index (χ4v) is 2.86. The number of carbonyl (C=O) groups is 1. The van der Waals surface area contributed by atoms with Gasteiger partial charge in [0, 0.05) is 17.1 Å².